The largest absolute Gasteiger partial charge is 0.338 e. The highest BCUT2D eigenvalue weighted by molar-refractivity contribution is 7.89. The maximum Gasteiger partial charge on any atom is 0.243 e. The van der Waals surface area contributed by atoms with Crippen LogP contribution >= 0.6 is 0 Å². The number of halogens is 1. The lowest BCUT2D eigenvalue weighted by atomic mass is 10.2. The average Bonchev–Trinajstić information content (AvgIpc) is 3.19. The van der Waals surface area contributed by atoms with Gasteiger partial charge >= 0.3 is 0 Å². The van der Waals surface area contributed by atoms with Gasteiger partial charge in [0.05, 0.1) is 11.4 Å². The summed E-state index contributed by atoms with van der Waals surface area (Å²) in [4.78, 5) is 6.82. The Bertz CT molecular complexity index is 1140. The second-order valence-corrected chi connectivity index (χ2v) is 9.37. The number of aryl methyl sites for hydroxylation is 2. The molecule has 4 rings (SSSR count). The summed E-state index contributed by atoms with van der Waals surface area (Å²) in [6.07, 6.45) is 0. The second-order valence-electron chi connectivity index (χ2n) is 7.47. The second kappa shape index (κ2) is 8.25. The van der Waals surface area contributed by atoms with E-state index in [1.807, 2.05) is 26.0 Å². The molecule has 1 aliphatic rings. The summed E-state index contributed by atoms with van der Waals surface area (Å²) in [7, 11) is -3.52. The van der Waals surface area contributed by atoms with Crippen molar-refractivity contribution in [3.05, 3.63) is 65.3 Å². The molecule has 1 aromatic heterocycles. The minimum Gasteiger partial charge on any atom is -0.338 e. The Morgan fingerprint density at radius 2 is 1.73 bits per heavy atom. The highest BCUT2D eigenvalue weighted by Crippen LogP contribution is 2.23. The van der Waals surface area contributed by atoms with Gasteiger partial charge in [0.2, 0.25) is 21.7 Å². The van der Waals surface area contributed by atoms with Crippen LogP contribution in [0.15, 0.2) is 51.9 Å². The fourth-order valence-corrected chi connectivity index (χ4v) is 5.21. The molecule has 2 heterocycles. The minimum absolute atomic E-state index is 0.323. The summed E-state index contributed by atoms with van der Waals surface area (Å²) in [5.74, 6) is 0.525. The number of sulfonamides is 1. The third-order valence-electron chi connectivity index (χ3n) is 5.22. The van der Waals surface area contributed by atoms with Crippen LogP contribution in [0.1, 0.15) is 17.0 Å². The number of rotatable bonds is 5. The molecule has 158 valence electrons. The highest BCUT2D eigenvalue weighted by atomic mass is 32.2. The van der Waals surface area contributed by atoms with E-state index in [1.54, 1.807) is 18.2 Å². The predicted octanol–water partition coefficient (Wildman–Crippen LogP) is 3.00. The van der Waals surface area contributed by atoms with Crippen molar-refractivity contribution in [3.8, 4) is 11.4 Å². The molecule has 0 amide bonds. The summed E-state index contributed by atoms with van der Waals surface area (Å²) in [5, 5.41) is 3.95. The standard InChI is InChI=1S/C21H23FN4O3S/c1-15-3-4-16(2)19(13-15)30(27,28)26-11-9-25(10-12-26)14-20-23-21(24-29-20)17-5-7-18(22)8-6-17/h3-8,13H,9-12,14H2,1-2H3. The van der Waals surface area contributed by atoms with Gasteiger partial charge in [-0.25, -0.2) is 12.8 Å². The molecule has 1 aliphatic heterocycles. The molecule has 3 aromatic rings. The Morgan fingerprint density at radius 1 is 1.03 bits per heavy atom. The van der Waals surface area contributed by atoms with Crippen molar-refractivity contribution in [1.82, 2.24) is 19.3 Å². The molecule has 0 N–H and O–H groups in total. The molecule has 0 radical (unpaired) electrons. The van der Waals surface area contributed by atoms with Crippen molar-refractivity contribution in [1.29, 1.82) is 0 Å². The quantitative estimate of drug-likeness (QED) is 0.619. The van der Waals surface area contributed by atoms with Gasteiger partial charge in [0.25, 0.3) is 0 Å². The molecule has 0 atom stereocenters. The third kappa shape index (κ3) is 4.28. The minimum atomic E-state index is -3.52. The smallest absolute Gasteiger partial charge is 0.243 e. The number of piperazine rings is 1. The lowest BCUT2D eigenvalue weighted by Crippen LogP contribution is -2.48. The Kier molecular flexibility index (Phi) is 5.68. The summed E-state index contributed by atoms with van der Waals surface area (Å²) in [5.41, 5.74) is 2.35. The van der Waals surface area contributed by atoms with E-state index in [9.17, 15) is 12.8 Å². The monoisotopic (exact) mass is 430 g/mol. The van der Waals surface area contributed by atoms with E-state index in [0.717, 1.165) is 11.1 Å². The lowest BCUT2D eigenvalue weighted by molar-refractivity contribution is 0.163. The van der Waals surface area contributed by atoms with E-state index < -0.39 is 10.0 Å². The zero-order chi connectivity index (χ0) is 21.3. The first-order valence-electron chi connectivity index (χ1n) is 9.71. The van der Waals surface area contributed by atoms with Gasteiger partial charge in [-0.2, -0.15) is 9.29 Å². The molecule has 0 saturated carbocycles. The predicted molar refractivity (Wildman–Crippen MR) is 110 cm³/mol. The van der Waals surface area contributed by atoms with Crippen molar-refractivity contribution in [2.75, 3.05) is 26.2 Å². The summed E-state index contributed by atoms with van der Waals surface area (Å²) >= 11 is 0. The van der Waals surface area contributed by atoms with Gasteiger partial charge in [-0.05, 0) is 55.3 Å². The molecule has 2 aromatic carbocycles. The first-order valence-corrected chi connectivity index (χ1v) is 11.2. The molecule has 0 aliphatic carbocycles. The number of aromatic nitrogens is 2. The van der Waals surface area contributed by atoms with Crippen LogP contribution in [0.5, 0.6) is 0 Å². The van der Waals surface area contributed by atoms with Crippen LogP contribution in [-0.2, 0) is 16.6 Å². The molecule has 0 unspecified atom stereocenters. The van der Waals surface area contributed by atoms with Crippen molar-refractivity contribution in [2.45, 2.75) is 25.3 Å². The van der Waals surface area contributed by atoms with Gasteiger partial charge in [-0.3, -0.25) is 4.90 Å². The van der Waals surface area contributed by atoms with Crippen molar-refractivity contribution in [2.24, 2.45) is 0 Å². The lowest BCUT2D eigenvalue weighted by Gasteiger charge is -2.33. The molecular weight excluding hydrogens is 407 g/mol. The number of benzene rings is 2. The molecule has 9 heteroatoms. The topological polar surface area (TPSA) is 79.5 Å². The highest BCUT2D eigenvalue weighted by Gasteiger charge is 2.30. The molecule has 0 bridgehead atoms. The Hall–Kier alpha value is -2.62. The van der Waals surface area contributed by atoms with E-state index >= 15 is 0 Å². The van der Waals surface area contributed by atoms with Gasteiger partial charge < -0.3 is 4.52 Å². The Morgan fingerprint density at radius 3 is 2.43 bits per heavy atom. The third-order valence-corrected chi connectivity index (χ3v) is 7.26. The summed E-state index contributed by atoms with van der Waals surface area (Å²) in [6.45, 7) is 6.07. The molecular formula is C21H23FN4O3S. The fraction of sp³-hybridized carbons (Fsp3) is 0.333. The van der Waals surface area contributed by atoms with Gasteiger partial charge in [0.15, 0.2) is 0 Å². The molecule has 0 spiro atoms. The van der Waals surface area contributed by atoms with Crippen molar-refractivity contribution in [3.63, 3.8) is 0 Å². The van der Waals surface area contributed by atoms with Crippen LogP contribution in [0.2, 0.25) is 0 Å². The molecule has 1 fully saturated rings. The summed E-state index contributed by atoms with van der Waals surface area (Å²) < 4.78 is 46.0. The Labute approximate surface area is 175 Å². The SMILES string of the molecule is Cc1ccc(C)c(S(=O)(=O)N2CCN(Cc3nc(-c4ccc(F)cc4)no3)CC2)c1. The van der Waals surface area contributed by atoms with Crippen LogP contribution in [0.25, 0.3) is 11.4 Å². The van der Waals surface area contributed by atoms with E-state index in [2.05, 4.69) is 15.0 Å². The van der Waals surface area contributed by atoms with Gasteiger partial charge in [-0.1, -0.05) is 17.3 Å². The van der Waals surface area contributed by atoms with Gasteiger partial charge in [0, 0.05) is 31.7 Å². The average molecular weight is 431 g/mol. The van der Waals surface area contributed by atoms with Crippen LogP contribution in [0.3, 0.4) is 0 Å². The zero-order valence-electron chi connectivity index (χ0n) is 16.9. The first-order chi connectivity index (χ1) is 14.3. The fourth-order valence-electron chi connectivity index (χ4n) is 3.48. The molecule has 1 saturated heterocycles. The van der Waals surface area contributed by atoms with Crippen LogP contribution in [-0.4, -0.2) is 53.9 Å². The number of hydrogen-bond acceptors (Lipinski definition) is 6. The van der Waals surface area contributed by atoms with E-state index in [-0.39, 0.29) is 5.82 Å². The number of hydrogen-bond donors (Lipinski definition) is 0. The Balaban J connectivity index is 1.39. The van der Waals surface area contributed by atoms with Gasteiger partial charge in [0.1, 0.15) is 5.82 Å². The maximum atomic E-state index is 13.1. The first kappa shape index (κ1) is 20.6. The molecule has 30 heavy (non-hydrogen) atoms. The van der Waals surface area contributed by atoms with E-state index in [1.165, 1.54) is 16.4 Å². The van der Waals surface area contributed by atoms with E-state index in [0.29, 0.717) is 54.9 Å². The van der Waals surface area contributed by atoms with Crippen LogP contribution in [0.4, 0.5) is 4.39 Å². The normalized spacial score (nSPS) is 16.1. The molecule has 7 nitrogen and oxygen atoms in total. The van der Waals surface area contributed by atoms with Crippen LogP contribution < -0.4 is 0 Å². The van der Waals surface area contributed by atoms with Gasteiger partial charge in [-0.15, -0.1) is 0 Å². The number of nitrogens with zero attached hydrogens (tertiary/aromatic N) is 4. The maximum absolute atomic E-state index is 13.1. The van der Waals surface area contributed by atoms with Crippen molar-refractivity contribution < 1.29 is 17.3 Å². The zero-order valence-corrected chi connectivity index (χ0v) is 17.7. The van der Waals surface area contributed by atoms with Crippen LogP contribution in [0, 0.1) is 19.7 Å². The summed E-state index contributed by atoms with van der Waals surface area (Å²) in [6, 6.07) is 11.4. The van der Waals surface area contributed by atoms with Crippen molar-refractivity contribution >= 4 is 10.0 Å². The van der Waals surface area contributed by atoms with E-state index in [4.69, 9.17) is 4.52 Å².